The second-order valence-electron chi connectivity index (χ2n) is 5.08. The topological polar surface area (TPSA) is 21.7 Å². The summed E-state index contributed by atoms with van der Waals surface area (Å²) in [6.45, 7) is 3.93. The standard InChI is InChI=1S/C12H21NO2/c1-2-4-11(3-1)13-7-5-12(6-8-13)14-9-10-15-12/h11H,1-10H2. The molecule has 0 bridgehead atoms. The molecule has 3 nitrogen and oxygen atoms in total. The molecule has 1 aliphatic carbocycles. The van der Waals surface area contributed by atoms with Crippen molar-refractivity contribution in [3.63, 3.8) is 0 Å². The molecule has 3 heteroatoms. The van der Waals surface area contributed by atoms with E-state index in [4.69, 9.17) is 9.47 Å². The van der Waals surface area contributed by atoms with E-state index >= 15 is 0 Å². The Bertz CT molecular complexity index is 210. The van der Waals surface area contributed by atoms with E-state index in [2.05, 4.69) is 4.90 Å². The van der Waals surface area contributed by atoms with Crippen LogP contribution < -0.4 is 0 Å². The normalized spacial score (nSPS) is 32.8. The Labute approximate surface area is 91.7 Å². The predicted molar refractivity (Wildman–Crippen MR) is 57.7 cm³/mol. The van der Waals surface area contributed by atoms with Gasteiger partial charge in [0.15, 0.2) is 5.79 Å². The van der Waals surface area contributed by atoms with E-state index in [1.54, 1.807) is 0 Å². The summed E-state index contributed by atoms with van der Waals surface area (Å²) < 4.78 is 11.5. The molecule has 1 spiro atoms. The van der Waals surface area contributed by atoms with Gasteiger partial charge >= 0.3 is 0 Å². The fourth-order valence-corrected chi connectivity index (χ4v) is 3.28. The molecule has 2 heterocycles. The fourth-order valence-electron chi connectivity index (χ4n) is 3.28. The van der Waals surface area contributed by atoms with Crippen LogP contribution in [-0.2, 0) is 9.47 Å². The van der Waals surface area contributed by atoms with Crippen LogP contribution >= 0.6 is 0 Å². The summed E-state index contributed by atoms with van der Waals surface area (Å²) in [4.78, 5) is 2.66. The van der Waals surface area contributed by atoms with Crippen molar-refractivity contribution in [3.05, 3.63) is 0 Å². The molecule has 86 valence electrons. The lowest BCUT2D eigenvalue weighted by molar-refractivity contribution is -0.187. The van der Waals surface area contributed by atoms with E-state index in [0.29, 0.717) is 0 Å². The number of piperidine rings is 1. The van der Waals surface area contributed by atoms with Gasteiger partial charge in [-0.25, -0.2) is 0 Å². The molecule has 0 aromatic heterocycles. The molecule has 0 atom stereocenters. The Hall–Kier alpha value is -0.120. The minimum atomic E-state index is -0.185. The summed E-state index contributed by atoms with van der Waals surface area (Å²) in [6, 6.07) is 0.865. The predicted octanol–water partition coefficient (Wildman–Crippen LogP) is 1.77. The van der Waals surface area contributed by atoms with Crippen LogP contribution in [0.15, 0.2) is 0 Å². The molecule has 0 amide bonds. The first kappa shape index (κ1) is 10.1. The van der Waals surface area contributed by atoms with Crippen LogP contribution in [0, 0.1) is 0 Å². The van der Waals surface area contributed by atoms with Gasteiger partial charge < -0.3 is 9.47 Å². The van der Waals surface area contributed by atoms with Crippen molar-refractivity contribution in [2.24, 2.45) is 0 Å². The molecular weight excluding hydrogens is 190 g/mol. The van der Waals surface area contributed by atoms with Crippen molar-refractivity contribution in [2.75, 3.05) is 26.3 Å². The lowest BCUT2D eigenvalue weighted by Crippen LogP contribution is -2.48. The third-order valence-electron chi connectivity index (χ3n) is 4.21. The molecule has 0 unspecified atom stereocenters. The highest BCUT2D eigenvalue weighted by Gasteiger charge is 2.41. The number of hydrogen-bond donors (Lipinski definition) is 0. The van der Waals surface area contributed by atoms with Crippen LogP contribution in [0.2, 0.25) is 0 Å². The highest BCUT2D eigenvalue weighted by molar-refractivity contribution is 4.87. The fraction of sp³-hybridized carbons (Fsp3) is 1.00. The van der Waals surface area contributed by atoms with Crippen LogP contribution in [0.25, 0.3) is 0 Å². The van der Waals surface area contributed by atoms with Gasteiger partial charge in [-0.1, -0.05) is 12.8 Å². The first-order chi connectivity index (χ1) is 7.38. The number of rotatable bonds is 1. The smallest absolute Gasteiger partial charge is 0.170 e. The number of likely N-dealkylation sites (tertiary alicyclic amines) is 1. The monoisotopic (exact) mass is 211 g/mol. The van der Waals surface area contributed by atoms with Crippen molar-refractivity contribution in [1.29, 1.82) is 0 Å². The Morgan fingerprint density at radius 1 is 0.933 bits per heavy atom. The number of hydrogen-bond acceptors (Lipinski definition) is 3. The average Bonchev–Trinajstić information content (AvgIpc) is 2.91. The minimum Gasteiger partial charge on any atom is -0.347 e. The van der Waals surface area contributed by atoms with Gasteiger partial charge in [0.25, 0.3) is 0 Å². The summed E-state index contributed by atoms with van der Waals surface area (Å²) >= 11 is 0. The quantitative estimate of drug-likeness (QED) is 0.660. The second-order valence-corrected chi connectivity index (χ2v) is 5.08. The van der Waals surface area contributed by atoms with E-state index in [0.717, 1.165) is 32.1 Å². The van der Waals surface area contributed by atoms with Gasteiger partial charge in [0, 0.05) is 32.0 Å². The molecule has 0 aromatic rings. The molecule has 2 aliphatic heterocycles. The maximum atomic E-state index is 5.74. The maximum absolute atomic E-state index is 5.74. The van der Waals surface area contributed by atoms with E-state index < -0.39 is 0 Å². The molecule has 3 rings (SSSR count). The van der Waals surface area contributed by atoms with Gasteiger partial charge in [-0.2, -0.15) is 0 Å². The first-order valence-corrected chi connectivity index (χ1v) is 6.40. The zero-order valence-electron chi connectivity index (χ0n) is 9.41. The third kappa shape index (κ3) is 1.93. The molecule has 3 aliphatic rings. The van der Waals surface area contributed by atoms with Gasteiger partial charge in [-0.3, -0.25) is 4.90 Å². The Morgan fingerprint density at radius 3 is 2.13 bits per heavy atom. The largest absolute Gasteiger partial charge is 0.347 e. The lowest BCUT2D eigenvalue weighted by Gasteiger charge is -2.40. The second kappa shape index (κ2) is 4.04. The SMILES string of the molecule is C1CCC(N2CCC3(CC2)OCCO3)C1. The maximum Gasteiger partial charge on any atom is 0.170 e. The average molecular weight is 211 g/mol. The van der Waals surface area contributed by atoms with E-state index in [9.17, 15) is 0 Å². The first-order valence-electron chi connectivity index (χ1n) is 6.40. The Balaban J connectivity index is 1.55. The summed E-state index contributed by atoms with van der Waals surface area (Å²) in [6.07, 6.45) is 7.83. The van der Waals surface area contributed by atoms with Gasteiger partial charge in [-0.15, -0.1) is 0 Å². The van der Waals surface area contributed by atoms with Gasteiger partial charge in [0.2, 0.25) is 0 Å². The Kier molecular flexibility index (Phi) is 2.71. The highest BCUT2D eigenvalue weighted by atomic mass is 16.7. The van der Waals surface area contributed by atoms with E-state index in [1.165, 1.54) is 38.8 Å². The van der Waals surface area contributed by atoms with Crippen LogP contribution in [0.3, 0.4) is 0 Å². The summed E-state index contributed by atoms with van der Waals surface area (Å²) in [7, 11) is 0. The molecule has 2 saturated heterocycles. The van der Waals surface area contributed by atoms with Crippen LogP contribution in [0.1, 0.15) is 38.5 Å². The van der Waals surface area contributed by atoms with Crippen molar-refractivity contribution in [3.8, 4) is 0 Å². The van der Waals surface area contributed by atoms with Crippen LogP contribution in [0.4, 0.5) is 0 Å². The summed E-state index contributed by atoms with van der Waals surface area (Å²) in [5, 5.41) is 0. The van der Waals surface area contributed by atoms with Crippen molar-refractivity contribution in [2.45, 2.75) is 50.4 Å². The minimum absolute atomic E-state index is 0.185. The lowest BCUT2D eigenvalue weighted by atomic mass is 10.0. The van der Waals surface area contributed by atoms with E-state index in [1.807, 2.05) is 0 Å². The molecule has 0 radical (unpaired) electrons. The number of ether oxygens (including phenoxy) is 2. The zero-order valence-corrected chi connectivity index (χ0v) is 9.41. The zero-order chi connectivity index (χ0) is 10.1. The van der Waals surface area contributed by atoms with Crippen molar-refractivity contribution >= 4 is 0 Å². The summed E-state index contributed by atoms with van der Waals surface area (Å²) in [5.41, 5.74) is 0. The van der Waals surface area contributed by atoms with Crippen molar-refractivity contribution < 1.29 is 9.47 Å². The van der Waals surface area contributed by atoms with E-state index in [-0.39, 0.29) is 5.79 Å². The molecule has 0 N–H and O–H groups in total. The van der Waals surface area contributed by atoms with Gasteiger partial charge in [0.05, 0.1) is 13.2 Å². The molecule has 15 heavy (non-hydrogen) atoms. The molecular formula is C12H21NO2. The van der Waals surface area contributed by atoms with Gasteiger partial charge in [0.1, 0.15) is 0 Å². The molecule has 0 aromatic carbocycles. The molecule has 3 fully saturated rings. The van der Waals surface area contributed by atoms with Gasteiger partial charge in [-0.05, 0) is 12.8 Å². The van der Waals surface area contributed by atoms with Crippen LogP contribution in [-0.4, -0.2) is 43.0 Å². The third-order valence-corrected chi connectivity index (χ3v) is 4.21. The van der Waals surface area contributed by atoms with Crippen molar-refractivity contribution in [1.82, 2.24) is 4.90 Å². The van der Waals surface area contributed by atoms with Crippen LogP contribution in [0.5, 0.6) is 0 Å². The highest BCUT2D eigenvalue weighted by Crippen LogP contribution is 2.34. The summed E-state index contributed by atoms with van der Waals surface area (Å²) in [5.74, 6) is -0.185. The molecule has 1 saturated carbocycles. The number of nitrogens with zero attached hydrogens (tertiary/aromatic N) is 1. The Morgan fingerprint density at radius 2 is 1.53 bits per heavy atom.